The second-order valence-corrected chi connectivity index (χ2v) is 4.50. The van der Waals surface area contributed by atoms with Crippen LogP contribution in [0, 0.1) is 0 Å². The lowest BCUT2D eigenvalue weighted by atomic mass is 10.1. The molecule has 0 bridgehead atoms. The van der Waals surface area contributed by atoms with Crippen LogP contribution < -0.4 is 5.32 Å². The maximum Gasteiger partial charge on any atom is 0.136 e. The summed E-state index contributed by atoms with van der Waals surface area (Å²) in [6.45, 7) is 5.88. The summed E-state index contributed by atoms with van der Waals surface area (Å²) in [5, 5.41) is 3.09. The Morgan fingerprint density at radius 2 is 2.25 bits per heavy atom. The van der Waals surface area contributed by atoms with E-state index in [1.807, 2.05) is 13.1 Å². The van der Waals surface area contributed by atoms with Crippen molar-refractivity contribution in [3.05, 3.63) is 17.6 Å². The van der Waals surface area contributed by atoms with Gasteiger partial charge in [-0.1, -0.05) is 13.8 Å². The summed E-state index contributed by atoms with van der Waals surface area (Å²) in [6, 6.07) is 2.02. The fraction of sp³-hybridized carbons (Fsp3) is 0.667. The van der Waals surface area contributed by atoms with Gasteiger partial charge in [0.05, 0.1) is 6.61 Å². The quantitative estimate of drug-likeness (QED) is 0.849. The van der Waals surface area contributed by atoms with Gasteiger partial charge < -0.3 is 10.1 Å². The van der Waals surface area contributed by atoms with Gasteiger partial charge in [-0.25, -0.2) is 9.97 Å². The van der Waals surface area contributed by atoms with E-state index in [0.29, 0.717) is 11.8 Å². The van der Waals surface area contributed by atoms with Gasteiger partial charge in [0.2, 0.25) is 0 Å². The number of rotatable bonds is 3. The Bertz CT molecular complexity index is 359. The minimum atomic E-state index is 0.366. The second-order valence-electron chi connectivity index (χ2n) is 4.50. The molecule has 1 unspecified atom stereocenters. The lowest BCUT2D eigenvalue weighted by Gasteiger charge is -2.12. The largest absolute Gasteiger partial charge is 0.381 e. The first kappa shape index (κ1) is 11.3. The minimum absolute atomic E-state index is 0.366. The Morgan fingerprint density at radius 3 is 2.81 bits per heavy atom. The average molecular weight is 221 g/mol. The zero-order chi connectivity index (χ0) is 11.5. The smallest absolute Gasteiger partial charge is 0.136 e. The first-order valence-electron chi connectivity index (χ1n) is 5.85. The van der Waals surface area contributed by atoms with Crippen LogP contribution in [0.3, 0.4) is 0 Å². The van der Waals surface area contributed by atoms with Gasteiger partial charge in [0.1, 0.15) is 11.6 Å². The summed E-state index contributed by atoms with van der Waals surface area (Å²) >= 11 is 0. The Labute approximate surface area is 96.4 Å². The number of ether oxygens (including phenoxy) is 1. The highest BCUT2D eigenvalue weighted by atomic mass is 16.5. The first-order valence-corrected chi connectivity index (χ1v) is 5.85. The summed E-state index contributed by atoms with van der Waals surface area (Å²) in [4.78, 5) is 9.15. The molecule has 0 saturated carbocycles. The van der Waals surface area contributed by atoms with E-state index in [9.17, 15) is 0 Å². The summed E-state index contributed by atoms with van der Waals surface area (Å²) in [5.41, 5.74) is 1.10. The van der Waals surface area contributed by atoms with Crippen LogP contribution in [0.5, 0.6) is 0 Å². The molecule has 1 aromatic heterocycles. The van der Waals surface area contributed by atoms with Crippen LogP contribution in [-0.4, -0.2) is 30.2 Å². The van der Waals surface area contributed by atoms with Crippen molar-refractivity contribution in [1.82, 2.24) is 9.97 Å². The summed E-state index contributed by atoms with van der Waals surface area (Å²) in [7, 11) is 1.89. The molecule has 1 saturated heterocycles. The SMILES string of the molecule is CNc1cc(C(C)C)nc(C2CCOC2)n1. The third kappa shape index (κ3) is 2.32. The highest BCUT2D eigenvalue weighted by molar-refractivity contribution is 5.36. The Morgan fingerprint density at radius 1 is 1.44 bits per heavy atom. The van der Waals surface area contributed by atoms with E-state index in [0.717, 1.165) is 37.0 Å². The van der Waals surface area contributed by atoms with Crippen LogP contribution in [-0.2, 0) is 4.74 Å². The van der Waals surface area contributed by atoms with Crippen molar-refractivity contribution < 1.29 is 4.74 Å². The van der Waals surface area contributed by atoms with Crippen molar-refractivity contribution in [1.29, 1.82) is 0 Å². The number of nitrogens with one attached hydrogen (secondary N) is 1. The van der Waals surface area contributed by atoms with E-state index < -0.39 is 0 Å². The molecule has 4 heteroatoms. The Hall–Kier alpha value is -1.16. The molecule has 0 radical (unpaired) electrons. The standard InChI is InChI=1S/C12H19N3O/c1-8(2)10-6-11(13-3)15-12(14-10)9-4-5-16-7-9/h6,8-9H,4-5,7H2,1-3H3,(H,13,14,15). The number of hydrogen-bond acceptors (Lipinski definition) is 4. The van der Waals surface area contributed by atoms with Gasteiger partial charge in [0.15, 0.2) is 0 Å². The number of nitrogens with zero attached hydrogens (tertiary/aromatic N) is 2. The topological polar surface area (TPSA) is 47.0 Å². The van der Waals surface area contributed by atoms with Crippen molar-refractivity contribution in [2.45, 2.75) is 32.1 Å². The van der Waals surface area contributed by atoms with E-state index in [2.05, 4.69) is 29.1 Å². The molecule has 1 fully saturated rings. The van der Waals surface area contributed by atoms with E-state index in [-0.39, 0.29) is 0 Å². The van der Waals surface area contributed by atoms with Crippen LogP contribution in [0.2, 0.25) is 0 Å². The molecule has 2 heterocycles. The van der Waals surface area contributed by atoms with E-state index >= 15 is 0 Å². The van der Waals surface area contributed by atoms with Crippen LogP contribution in [0.1, 0.15) is 43.6 Å². The molecule has 1 atom stereocenters. The fourth-order valence-corrected chi connectivity index (χ4v) is 1.83. The monoisotopic (exact) mass is 221 g/mol. The summed E-state index contributed by atoms with van der Waals surface area (Å²) in [6.07, 6.45) is 1.03. The van der Waals surface area contributed by atoms with Crippen LogP contribution in [0.25, 0.3) is 0 Å². The molecular weight excluding hydrogens is 202 g/mol. The van der Waals surface area contributed by atoms with Crippen molar-refractivity contribution in [2.75, 3.05) is 25.6 Å². The maximum atomic E-state index is 5.38. The highest BCUT2D eigenvalue weighted by Gasteiger charge is 2.21. The van der Waals surface area contributed by atoms with Crippen molar-refractivity contribution in [2.24, 2.45) is 0 Å². The third-order valence-electron chi connectivity index (χ3n) is 2.91. The van der Waals surface area contributed by atoms with Gasteiger partial charge in [0.25, 0.3) is 0 Å². The van der Waals surface area contributed by atoms with Gasteiger partial charge in [-0.05, 0) is 12.3 Å². The molecule has 0 spiro atoms. The molecule has 88 valence electrons. The molecule has 4 nitrogen and oxygen atoms in total. The second kappa shape index (κ2) is 4.78. The molecule has 2 rings (SSSR count). The molecule has 0 amide bonds. The van der Waals surface area contributed by atoms with Gasteiger partial charge in [-0.3, -0.25) is 0 Å². The third-order valence-corrected chi connectivity index (χ3v) is 2.91. The van der Waals surface area contributed by atoms with Gasteiger partial charge in [-0.2, -0.15) is 0 Å². The molecule has 0 aromatic carbocycles. The lowest BCUT2D eigenvalue weighted by molar-refractivity contribution is 0.193. The molecule has 1 N–H and O–H groups in total. The van der Waals surface area contributed by atoms with Crippen LogP contribution in [0.15, 0.2) is 6.07 Å². The minimum Gasteiger partial charge on any atom is -0.381 e. The van der Waals surface area contributed by atoms with E-state index in [1.54, 1.807) is 0 Å². The van der Waals surface area contributed by atoms with Gasteiger partial charge in [-0.15, -0.1) is 0 Å². The zero-order valence-electron chi connectivity index (χ0n) is 10.2. The normalized spacial score (nSPS) is 20.4. The van der Waals surface area contributed by atoms with E-state index in [4.69, 9.17) is 4.74 Å². The molecule has 16 heavy (non-hydrogen) atoms. The predicted octanol–water partition coefficient (Wildman–Crippen LogP) is 2.15. The molecule has 1 aliphatic heterocycles. The van der Waals surface area contributed by atoms with Crippen molar-refractivity contribution >= 4 is 5.82 Å². The summed E-state index contributed by atoms with van der Waals surface area (Å²) in [5.74, 6) is 2.62. The first-order chi connectivity index (χ1) is 7.70. The van der Waals surface area contributed by atoms with Gasteiger partial charge >= 0.3 is 0 Å². The van der Waals surface area contributed by atoms with Crippen molar-refractivity contribution in [3.8, 4) is 0 Å². The maximum absolute atomic E-state index is 5.38. The van der Waals surface area contributed by atoms with Crippen LogP contribution >= 0.6 is 0 Å². The van der Waals surface area contributed by atoms with Crippen molar-refractivity contribution in [3.63, 3.8) is 0 Å². The molecule has 1 aliphatic rings. The van der Waals surface area contributed by atoms with Gasteiger partial charge in [0, 0.05) is 31.3 Å². The number of aromatic nitrogens is 2. The average Bonchev–Trinajstić information content (AvgIpc) is 2.81. The highest BCUT2D eigenvalue weighted by Crippen LogP contribution is 2.25. The molecule has 1 aromatic rings. The van der Waals surface area contributed by atoms with E-state index in [1.165, 1.54) is 0 Å². The summed E-state index contributed by atoms with van der Waals surface area (Å²) < 4.78 is 5.38. The predicted molar refractivity (Wildman–Crippen MR) is 63.8 cm³/mol. The Kier molecular flexibility index (Phi) is 3.39. The Balaban J connectivity index is 2.32. The lowest BCUT2D eigenvalue weighted by Crippen LogP contribution is -2.09. The number of hydrogen-bond donors (Lipinski definition) is 1. The molecule has 0 aliphatic carbocycles. The zero-order valence-corrected chi connectivity index (χ0v) is 10.2. The molecular formula is C12H19N3O. The number of anilines is 1. The van der Waals surface area contributed by atoms with Crippen LogP contribution in [0.4, 0.5) is 5.82 Å². The fourth-order valence-electron chi connectivity index (χ4n) is 1.83.